The van der Waals surface area contributed by atoms with Crippen LogP contribution in [0.2, 0.25) is 0 Å². The van der Waals surface area contributed by atoms with Crippen molar-refractivity contribution in [2.24, 2.45) is 5.41 Å². The lowest BCUT2D eigenvalue weighted by molar-refractivity contribution is -0.128. The molecule has 108 valence electrons. The van der Waals surface area contributed by atoms with E-state index in [1.807, 2.05) is 32.0 Å². The summed E-state index contributed by atoms with van der Waals surface area (Å²) in [4.78, 5) is 26.1. The van der Waals surface area contributed by atoms with Gasteiger partial charge in [-0.2, -0.15) is 0 Å². The highest BCUT2D eigenvalue weighted by Gasteiger charge is 2.41. The van der Waals surface area contributed by atoms with Crippen molar-refractivity contribution in [2.45, 2.75) is 20.3 Å². The molecular weight excluding hydrogens is 320 g/mol. The molecule has 2 amide bonds. The van der Waals surface area contributed by atoms with E-state index in [-0.39, 0.29) is 11.8 Å². The van der Waals surface area contributed by atoms with E-state index in [1.165, 1.54) is 0 Å². The third kappa shape index (κ3) is 2.73. The first-order valence-electron chi connectivity index (χ1n) is 6.65. The van der Waals surface area contributed by atoms with Gasteiger partial charge in [-0.05, 0) is 44.0 Å². The van der Waals surface area contributed by atoms with Crippen LogP contribution in [0.3, 0.4) is 0 Å². The van der Waals surface area contributed by atoms with Crippen LogP contribution in [0.5, 0.6) is 0 Å². The summed E-state index contributed by atoms with van der Waals surface area (Å²) in [5.41, 5.74) is 1.23. The zero-order valence-corrected chi connectivity index (χ0v) is 13.6. The molecule has 1 aliphatic rings. The van der Waals surface area contributed by atoms with Crippen LogP contribution < -0.4 is 5.32 Å². The largest absolute Gasteiger partial charge is 0.359 e. The van der Waals surface area contributed by atoms with Gasteiger partial charge in [-0.15, -0.1) is 0 Å². The minimum absolute atomic E-state index is 0.000198. The Labute approximate surface area is 127 Å². The molecule has 1 unspecified atom stereocenters. The number of likely N-dealkylation sites (tertiary alicyclic amines) is 1. The summed E-state index contributed by atoms with van der Waals surface area (Å²) in [6.45, 7) is 4.96. The molecule has 0 aliphatic carbocycles. The number of halogens is 1. The van der Waals surface area contributed by atoms with Crippen LogP contribution in [-0.4, -0.2) is 36.9 Å². The second-order valence-electron chi connectivity index (χ2n) is 5.58. The summed E-state index contributed by atoms with van der Waals surface area (Å²) in [5, 5.41) is 2.68. The Morgan fingerprint density at radius 3 is 2.70 bits per heavy atom. The molecule has 5 heteroatoms. The molecule has 1 heterocycles. The Morgan fingerprint density at radius 1 is 1.40 bits per heavy atom. The van der Waals surface area contributed by atoms with E-state index < -0.39 is 5.41 Å². The van der Waals surface area contributed by atoms with E-state index in [9.17, 15) is 9.59 Å². The van der Waals surface area contributed by atoms with Gasteiger partial charge in [0.2, 0.25) is 5.91 Å². The van der Waals surface area contributed by atoms with Crippen molar-refractivity contribution in [2.75, 3.05) is 20.1 Å². The van der Waals surface area contributed by atoms with Crippen LogP contribution in [0.15, 0.2) is 22.7 Å². The summed E-state index contributed by atoms with van der Waals surface area (Å²) < 4.78 is 0.991. The van der Waals surface area contributed by atoms with Gasteiger partial charge in [0.05, 0.1) is 5.41 Å². The fourth-order valence-electron chi connectivity index (χ4n) is 2.58. The molecule has 1 aromatic carbocycles. The lowest BCUT2D eigenvalue weighted by Crippen LogP contribution is -2.40. The third-order valence-corrected chi connectivity index (χ3v) is 4.83. The maximum atomic E-state index is 12.5. The number of nitrogens with zero attached hydrogens (tertiary/aromatic N) is 1. The molecule has 0 aromatic heterocycles. The quantitative estimate of drug-likeness (QED) is 0.899. The van der Waals surface area contributed by atoms with Crippen LogP contribution >= 0.6 is 15.9 Å². The number of amides is 2. The molecule has 1 aromatic rings. The molecule has 4 nitrogen and oxygen atoms in total. The summed E-state index contributed by atoms with van der Waals surface area (Å²) in [7, 11) is 1.64. The van der Waals surface area contributed by atoms with Gasteiger partial charge in [-0.25, -0.2) is 0 Å². The summed E-state index contributed by atoms with van der Waals surface area (Å²) >= 11 is 3.43. The molecule has 0 bridgehead atoms. The average molecular weight is 339 g/mol. The molecule has 2 rings (SSSR count). The molecule has 1 saturated heterocycles. The van der Waals surface area contributed by atoms with Crippen molar-refractivity contribution in [3.8, 4) is 0 Å². The van der Waals surface area contributed by atoms with Crippen molar-refractivity contribution in [1.29, 1.82) is 0 Å². The molecule has 0 spiro atoms. The number of carbonyl (C=O) groups is 2. The maximum Gasteiger partial charge on any atom is 0.253 e. The Balaban J connectivity index is 2.15. The van der Waals surface area contributed by atoms with Gasteiger partial charge in [-0.1, -0.05) is 15.9 Å². The Hall–Kier alpha value is -1.36. The molecule has 20 heavy (non-hydrogen) atoms. The van der Waals surface area contributed by atoms with Crippen molar-refractivity contribution >= 4 is 27.7 Å². The number of aryl methyl sites for hydroxylation is 1. The van der Waals surface area contributed by atoms with Gasteiger partial charge in [0.15, 0.2) is 0 Å². The van der Waals surface area contributed by atoms with E-state index in [0.717, 1.165) is 10.0 Å². The average Bonchev–Trinajstić information content (AvgIpc) is 2.84. The van der Waals surface area contributed by atoms with Gasteiger partial charge in [0.1, 0.15) is 0 Å². The Morgan fingerprint density at radius 2 is 2.10 bits per heavy atom. The van der Waals surface area contributed by atoms with Gasteiger partial charge in [0, 0.05) is 30.2 Å². The van der Waals surface area contributed by atoms with Crippen molar-refractivity contribution < 1.29 is 9.59 Å². The molecule has 0 radical (unpaired) electrons. The third-order valence-electron chi connectivity index (χ3n) is 3.94. The van der Waals surface area contributed by atoms with Crippen molar-refractivity contribution in [1.82, 2.24) is 10.2 Å². The first-order chi connectivity index (χ1) is 9.37. The molecule has 0 saturated carbocycles. The normalized spacial score (nSPS) is 21.9. The predicted octanol–water partition coefficient (Wildman–Crippen LogP) is 2.36. The van der Waals surface area contributed by atoms with E-state index >= 15 is 0 Å². The number of carbonyl (C=O) groups excluding carboxylic acids is 2. The van der Waals surface area contributed by atoms with E-state index in [1.54, 1.807) is 11.9 Å². The van der Waals surface area contributed by atoms with E-state index in [0.29, 0.717) is 25.1 Å². The molecule has 1 aliphatic heterocycles. The molecule has 1 N–H and O–H groups in total. The van der Waals surface area contributed by atoms with Crippen LogP contribution in [0.4, 0.5) is 0 Å². The molecular formula is C15H19BrN2O2. The zero-order valence-electron chi connectivity index (χ0n) is 12.0. The van der Waals surface area contributed by atoms with Crippen LogP contribution in [0.1, 0.15) is 29.3 Å². The van der Waals surface area contributed by atoms with Crippen LogP contribution in [0.25, 0.3) is 0 Å². The van der Waals surface area contributed by atoms with E-state index in [4.69, 9.17) is 0 Å². The fourth-order valence-corrected chi connectivity index (χ4v) is 2.83. The monoisotopic (exact) mass is 338 g/mol. The van der Waals surface area contributed by atoms with Gasteiger partial charge in [0.25, 0.3) is 5.91 Å². The molecule has 1 fully saturated rings. The number of rotatable bonds is 2. The lowest BCUT2D eigenvalue weighted by Gasteiger charge is -2.22. The Bertz CT molecular complexity index is 559. The second kappa shape index (κ2) is 5.56. The fraction of sp³-hybridized carbons (Fsp3) is 0.467. The highest BCUT2D eigenvalue weighted by atomic mass is 79.9. The summed E-state index contributed by atoms with van der Waals surface area (Å²) in [6, 6.07) is 5.58. The summed E-state index contributed by atoms with van der Waals surface area (Å²) in [5.74, 6) is -0.00647. The number of nitrogens with one attached hydrogen (secondary N) is 1. The number of hydrogen-bond acceptors (Lipinski definition) is 2. The minimum atomic E-state index is -0.477. The van der Waals surface area contributed by atoms with Crippen molar-refractivity contribution in [3.63, 3.8) is 0 Å². The topological polar surface area (TPSA) is 49.4 Å². The first kappa shape index (κ1) is 15.0. The number of hydrogen-bond donors (Lipinski definition) is 1. The highest BCUT2D eigenvalue weighted by Crippen LogP contribution is 2.31. The second-order valence-corrected chi connectivity index (χ2v) is 6.43. The first-order valence-corrected chi connectivity index (χ1v) is 7.44. The van der Waals surface area contributed by atoms with E-state index in [2.05, 4.69) is 21.2 Å². The van der Waals surface area contributed by atoms with Gasteiger partial charge < -0.3 is 10.2 Å². The highest BCUT2D eigenvalue weighted by molar-refractivity contribution is 9.10. The summed E-state index contributed by atoms with van der Waals surface area (Å²) in [6.07, 6.45) is 0.702. The van der Waals surface area contributed by atoms with Gasteiger partial charge >= 0.3 is 0 Å². The predicted molar refractivity (Wildman–Crippen MR) is 81.6 cm³/mol. The van der Waals surface area contributed by atoms with Crippen molar-refractivity contribution in [3.05, 3.63) is 33.8 Å². The SMILES string of the molecule is CNC(=O)C1(C)CCN(C(=O)c2ccc(Br)c(C)c2)C1. The standard InChI is InChI=1S/C15H19BrN2O2/c1-10-8-11(4-5-12(10)16)13(19)18-7-6-15(2,9-18)14(20)17-3/h4-5,8H,6-7,9H2,1-3H3,(H,17,20). The lowest BCUT2D eigenvalue weighted by atomic mass is 9.89. The molecule has 1 atom stereocenters. The van der Waals surface area contributed by atoms with Crippen LogP contribution in [-0.2, 0) is 4.79 Å². The number of benzene rings is 1. The zero-order chi connectivity index (χ0) is 14.9. The maximum absolute atomic E-state index is 12.5. The van der Waals surface area contributed by atoms with Crippen LogP contribution in [0, 0.1) is 12.3 Å². The smallest absolute Gasteiger partial charge is 0.253 e. The van der Waals surface area contributed by atoms with Gasteiger partial charge in [-0.3, -0.25) is 9.59 Å². The Kier molecular flexibility index (Phi) is 4.18. The minimum Gasteiger partial charge on any atom is -0.359 e.